The summed E-state index contributed by atoms with van der Waals surface area (Å²) in [5, 5.41) is 5.56. The van der Waals surface area contributed by atoms with Crippen LogP contribution in [-0.4, -0.2) is 9.78 Å². The predicted molar refractivity (Wildman–Crippen MR) is 86.4 cm³/mol. The number of nitrogens with two attached hydrogens (primary N) is 1. The Morgan fingerprint density at radius 3 is 2.20 bits per heavy atom. The molecule has 108 valence electrons. The Morgan fingerprint density at radius 2 is 1.70 bits per heavy atom. The van der Waals surface area contributed by atoms with Crippen molar-refractivity contribution in [2.75, 3.05) is 5.73 Å². The fraction of sp³-hybridized carbons (Fsp3) is 0.438. The van der Waals surface area contributed by atoms with Gasteiger partial charge in [0.1, 0.15) is 5.03 Å². The number of rotatable bonds is 4. The summed E-state index contributed by atoms with van der Waals surface area (Å²) in [7, 11) is 0. The highest BCUT2D eigenvalue weighted by Gasteiger charge is 2.15. The number of aromatic nitrogens is 2. The Morgan fingerprint density at radius 1 is 1.10 bits per heavy atom. The van der Waals surface area contributed by atoms with Crippen molar-refractivity contribution in [3.8, 4) is 0 Å². The van der Waals surface area contributed by atoms with Gasteiger partial charge in [0.2, 0.25) is 0 Å². The lowest BCUT2D eigenvalue weighted by Gasteiger charge is -2.11. The molecule has 1 heterocycles. The molecule has 1 aromatic carbocycles. The van der Waals surface area contributed by atoms with Gasteiger partial charge in [0, 0.05) is 10.9 Å². The van der Waals surface area contributed by atoms with Crippen LogP contribution in [0.1, 0.15) is 50.9 Å². The number of nitrogens with zero attached hydrogens (tertiary/aromatic N) is 2. The van der Waals surface area contributed by atoms with E-state index in [1.165, 1.54) is 10.5 Å². The first-order valence-electron chi connectivity index (χ1n) is 7.02. The van der Waals surface area contributed by atoms with Crippen LogP contribution in [0.25, 0.3) is 0 Å². The molecule has 0 saturated heterocycles. The van der Waals surface area contributed by atoms with Crippen LogP contribution in [0, 0.1) is 6.92 Å². The Labute approximate surface area is 125 Å². The number of benzene rings is 1. The molecular weight excluding hydrogens is 266 g/mol. The normalized spacial score (nSPS) is 11.6. The van der Waals surface area contributed by atoms with E-state index in [9.17, 15) is 0 Å². The van der Waals surface area contributed by atoms with E-state index < -0.39 is 0 Å². The predicted octanol–water partition coefficient (Wildman–Crippen LogP) is 4.63. The third-order valence-corrected chi connectivity index (χ3v) is 4.44. The summed E-state index contributed by atoms with van der Waals surface area (Å²) in [5.74, 6) is 0.558. The Balaban J connectivity index is 2.30. The average molecular weight is 289 g/mol. The summed E-state index contributed by atoms with van der Waals surface area (Å²) in [6.45, 7) is 10.6. The number of anilines is 1. The van der Waals surface area contributed by atoms with E-state index in [-0.39, 0.29) is 0 Å². The first kappa shape index (κ1) is 15.0. The van der Waals surface area contributed by atoms with Crippen LogP contribution >= 0.6 is 11.8 Å². The van der Waals surface area contributed by atoms with Gasteiger partial charge >= 0.3 is 0 Å². The van der Waals surface area contributed by atoms with Crippen LogP contribution in [0.5, 0.6) is 0 Å². The van der Waals surface area contributed by atoms with Gasteiger partial charge in [-0.05, 0) is 44.4 Å². The number of nitrogen functional groups attached to an aromatic ring is 1. The minimum atomic E-state index is 0.309. The molecule has 0 aliphatic heterocycles. The molecule has 0 fully saturated rings. The molecule has 2 rings (SSSR count). The Kier molecular flexibility index (Phi) is 4.43. The molecule has 0 unspecified atom stereocenters. The second-order valence-electron chi connectivity index (χ2n) is 5.67. The van der Waals surface area contributed by atoms with E-state index in [4.69, 9.17) is 5.73 Å². The van der Waals surface area contributed by atoms with Gasteiger partial charge in [-0.2, -0.15) is 5.10 Å². The zero-order chi connectivity index (χ0) is 14.9. The van der Waals surface area contributed by atoms with Crippen molar-refractivity contribution >= 4 is 17.4 Å². The zero-order valence-electron chi connectivity index (χ0n) is 12.8. The molecular formula is C16H23N3S. The smallest absolute Gasteiger partial charge is 0.122 e. The summed E-state index contributed by atoms with van der Waals surface area (Å²) in [4.78, 5) is 1.20. The van der Waals surface area contributed by atoms with Crippen molar-refractivity contribution in [1.82, 2.24) is 9.78 Å². The zero-order valence-corrected chi connectivity index (χ0v) is 13.7. The molecule has 1 aromatic heterocycles. The molecule has 4 heteroatoms. The summed E-state index contributed by atoms with van der Waals surface area (Å²) >= 11 is 1.69. The maximum Gasteiger partial charge on any atom is 0.122 e. The first-order valence-corrected chi connectivity index (χ1v) is 7.84. The molecule has 0 saturated carbocycles. The average Bonchev–Trinajstić information content (AvgIpc) is 2.68. The second kappa shape index (κ2) is 5.92. The highest BCUT2D eigenvalue weighted by atomic mass is 32.2. The van der Waals surface area contributed by atoms with E-state index in [1.807, 2.05) is 11.6 Å². The number of aryl methyl sites for hydroxylation is 1. The van der Waals surface area contributed by atoms with E-state index in [0.717, 1.165) is 16.4 Å². The fourth-order valence-corrected chi connectivity index (χ4v) is 3.12. The molecule has 0 aliphatic carbocycles. The quantitative estimate of drug-likeness (QED) is 0.892. The van der Waals surface area contributed by atoms with Crippen LogP contribution in [0.2, 0.25) is 0 Å². The van der Waals surface area contributed by atoms with E-state index in [1.54, 1.807) is 11.8 Å². The molecule has 0 aliphatic rings. The molecule has 20 heavy (non-hydrogen) atoms. The molecule has 3 nitrogen and oxygen atoms in total. The van der Waals surface area contributed by atoms with Crippen LogP contribution in [0.15, 0.2) is 34.2 Å². The molecule has 0 amide bonds. The molecule has 0 radical (unpaired) electrons. The standard InChI is InChI=1S/C16H23N3S/c1-10(2)13-6-8-14(9-7-13)20-16-15(17)12(5)18-19(16)11(3)4/h6-11H,17H2,1-5H3. The summed E-state index contributed by atoms with van der Waals surface area (Å²) in [6.07, 6.45) is 0. The van der Waals surface area contributed by atoms with Crippen molar-refractivity contribution in [1.29, 1.82) is 0 Å². The monoisotopic (exact) mass is 289 g/mol. The lowest BCUT2D eigenvalue weighted by Crippen LogP contribution is -2.04. The van der Waals surface area contributed by atoms with Crippen LogP contribution in [-0.2, 0) is 0 Å². The Hall–Kier alpha value is -1.42. The van der Waals surface area contributed by atoms with E-state index in [2.05, 4.69) is 57.1 Å². The number of hydrogen-bond donors (Lipinski definition) is 1. The van der Waals surface area contributed by atoms with Crippen LogP contribution < -0.4 is 5.73 Å². The van der Waals surface area contributed by atoms with Gasteiger partial charge in [0.25, 0.3) is 0 Å². The van der Waals surface area contributed by atoms with Gasteiger partial charge in [-0.1, -0.05) is 37.7 Å². The molecule has 0 atom stereocenters. The van der Waals surface area contributed by atoms with Crippen molar-refractivity contribution in [2.24, 2.45) is 0 Å². The van der Waals surface area contributed by atoms with Gasteiger partial charge in [-0.3, -0.25) is 4.68 Å². The third kappa shape index (κ3) is 3.01. The number of hydrogen-bond acceptors (Lipinski definition) is 3. The van der Waals surface area contributed by atoms with Crippen molar-refractivity contribution < 1.29 is 0 Å². The van der Waals surface area contributed by atoms with Crippen molar-refractivity contribution in [3.05, 3.63) is 35.5 Å². The maximum atomic E-state index is 6.16. The summed E-state index contributed by atoms with van der Waals surface area (Å²) in [6, 6.07) is 9.00. The minimum absolute atomic E-state index is 0.309. The maximum absolute atomic E-state index is 6.16. The van der Waals surface area contributed by atoms with Gasteiger partial charge in [-0.15, -0.1) is 0 Å². The van der Waals surface area contributed by atoms with Gasteiger partial charge < -0.3 is 5.73 Å². The fourth-order valence-electron chi connectivity index (χ4n) is 2.02. The third-order valence-electron chi connectivity index (χ3n) is 3.34. The van der Waals surface area contributed by atoms with Gasteiger partial charge in [0.05, 0.1) is 11.4 Å². The topological polar surface area (TPSA) is 43.8 Å². The van der Waals surface area contributed by atoms with Crippen LogP contribution in [0.4, 0.5) is 5.69 Å². The molecule has 2 aromatic rings. The lowest BCUT2D eigenvalue weighted by atomic mass is 10.0. The summed E-state index contributed by atoms with van der Waals surface area (Å²) < 4.78 is 2.01. The molecule has 2 N–H and O–H groups in total. The summed E-state index contributed by atoms with van der Waals surface area (Å²) in [5.41, 5.74) is 9.21. The minimum Gasteiger partial charge on any atom is -0.395 e. The second-order valence-corrected chi connectivity index (χ2v) is 6.73. The largest absolute Gasteiger partial charge is 0.395 e. The highest BCUT2D eigenvalue weighted by Crippen LogP contribution is 2.35. The van der Waals surface area contributed by atoms with Gasteiger partial charge in [0.15, 0.2) is 0 Å². The highest BCUT2D eigenvalue weighted by molar-refractivity contribution is 7.99. The Bertz CT molecular complexity index is 583. The van der Waals surface area contributed by atoms with Gasteiger partial charge in [-0.25, -0.2) is 0 Å². The first-order chi connectivity index (χ1) is 9.40. The van der Waals surface area contributed by atoms with Crippen molar-refractivity contribution in [3.63, 3.8) is 0 Å². The van der Waals surface area contributed by atoms with E-state index >= 15 is 0 Å². The lowest BCUT2D eigenvalue weighted by molar-refractivity contribution is 0.491. The van der Waals surface area contributed by atoms with E-state index in [0.29, 0.717) is 12.0 Å². The van der Waals surface area contributed by atoms with Crippen LogP contribution in [0.3, 0.4) is 0 Å². The molecule has 0 spiro atoms. The van der Waals surface area contributed by atoms with Crippen molar-refractivity contribution in [2.45, 2.75) is 56.5 Å². The molecule has 0 bridgehead atoms. The SMILES string of the molecule is Cc1nn(C(C)C)c(Sc2ccc(C(C)C)cc2)c1N.